The summed E-state index contributed by atoms with van der Waals surface area (Å²) in [5, 5.41) is 11.9. The number of amides is 2. The molecule has 0 spiro atoms. The Morgan fingerprint density at radius 3 is 2.30 bits per heavy atom. The lowest BCUT2D eigenvalue weighted by atomic mass is 10.1. The lowest BCUT2D eigenvalue weighted by molar-refractivity contribution is -0.115. The summed E-state index contributed by atoms with van der Waals surface area (Å²) in [4.78, 5) is 24.5. The molecule has 2 amide bonds. The van der Waals surface area contributed by atoms with E-state index in [0.717, 1.165) is 41.2 Å². The molecule has 6 nitrogen and oxygen atoms in total. The number of carbonyl (C=O) groups is 2. The fourth-order valence-electron chi connectivity index (χ4n) is 3.00. The molecule has 0 atom stereocenters. The van der Waals surface area contributed by atoms with Crippen LogP contribution in [0.25, 0.3) is 0 Å². The van der Waals surface area contributed by atoms with Gasteiger partial charge in [0, 0.05) is 29.9 Å². The van der Waals surface area contributed by atoms with Gasteiger partial charge in [0.2, 0.25) is 5.91 Å². The van der Waals surface area contributed by atoms with Crippen LogP contribution in [-0.2, 0) is 4.79 Å². The highest BCUT2D eigenvalue weighted by Gasteiger charge is 2.14. The largest absolute Gasteiger partial charge is 0.343 e. The Morgan fingerprint density at radius 1 is 1.04 bits per heavy atom. The molecule has 2 aromatic carbocycles. The van der Waals surface area contributed by atoms with Gasteiger partial charge in [-0.25, -0.2) is 0 Å². The molecule has 0 fully saturated rings. The summed E-state index contributed by atoms with van der Waals surface area (Å²) in [5.74, 6) is -0.529. The minimum absolute atomic E-state index is 0.0794. The number of nitrogens with zero attached hydrogens (tertiary/aromatic N) is 2. The molecular formula is C21H24N4O2. The highest BCUT2D eigenvalue weighted by atomic mass is 16.2. The Morgan fingerprint density at radius 2 is 1.70 bits per heavy atom. The number of rotatable bonds is 5. The maximum Gasteiger partial charge on any atom is 0.251 e. The molecular weight excluding hydrogens is 340 g/mol. The maximum absolute atomic E-state index is 12.3. The molecule has 0 aromatic heterocycles. The highest BCUT2D eigenvalue weighted by Crippen LogP contribution is 2.20. The van der Waals surface area contributed by atoms with Gasteiger partial charge in [-0.2, -0.15) is 5.10 Å². The highest BCUT2D eigenvalue weighted by molar-refractivity contribution is 6.00. The van der Waals surface area contributed by atoms with Gasteiger partial charge in [-0.3, -0.25) is 14.6 Å². The Kier molecular flexibility index (Phi) is 5.54. The van der Waals surface area contributed by atoms with E-state index in [1.807, 2.05) is 56.1 Å². The first-order chi connectivity index (χ1) is 12.9. The van der Waals surface area contributed by atoms with Gasteiger partial charge in [-0.15, -0.1) is 0 Å². The number of benzene rings is 2. The van der Waals surface area contributed by atoms with Crippen molar-refractivity contribution < 1.29 is 9.59 Å². The van der Waals surface area contributed by atoms with Crippen LogP contribution in [0.5, 0.6) is 0 Å². The van der Waals surface area contributed by atoms with E-state index < -0.39 is 0 Å². The Labute approximate surface area is 159 Å². The molecule has 0 aliphatic carbocycles. The molecule has 1 aliphatic rings. The van der Waals surface area contributed by atoms with Crippen LogP contribution >= 0.6 is 0 Å². The molecule has 0 unspecified atom stereocenters. The summed E-state index contributed by atoms with van der Waals surface area (Å²) in [6.07, 6.45) is 0.956. The van der Waals surface area contributed by atoms with Crippen molar-refractivity contribution in [2.75, 3.05) is 23.4 Å². The van der Waals surface area contributed by atoms with Crippen LogP contribution in [0, 0.1) is 13.8 Å². The summed E-state index contributed by atoms with van der Waals surface area (Å²) < 4.78 is 0. The summed E-state index contributed by atoms with van der Waals surface area (Å²) in [6, 6.07) is 13.1. The van der Waals surface area contributed by atoms with Gasteiger partial charge in [0.25, 0.3) is 5.91 Å². The van der Waals surface area contributed by atoms with Crippen molar-refractivity contribution in [3.05, 3.63) is 59.2 Å². The second kappa shape index (κ2) is 8.03. The van der Waals surface area contributed by atoms with Crippen LogP contribution in [0.3, 0.4) is 0 Å². The van der Waals surface area contributed by atoms with Gasteiger partial charge < -0.3 is 10.6 Å². The molecule has 0 radical (unpaired) electrons. The smallest absolute Gasteiger partial charge is 0.251 e. The van der Waals surface area contributed by atoms with E-state index in [1.54, 1.807) is 12.1 Å². The summed E-state index contributed by atoms with van der Waals surface area (Å²) >= 11 is 0. The second-order valence-electron chi connectivity index (χ2n) is 6.75. The number of hydrogen-bond acceptors (Lipinski definition) is 4. The number of nitrogens with one attached hydrogen (secondary N) is 2. The van der Waals surface area contributed by atoms with Crippen LogP contribution in [-0.4, -0.2) is 30.6 Å². The number of para-hydroxylation sites is 1. The van der Waals surface area contributed by atoms with Gasteiger partial charge in [-0.1, -0.05) is 18.2 Å². The monoisotopic (exact) mass is 364 g/mol. The summed E-state index contributed by atoms with van der Waals surface area (Å²) in [5.41, 5.74) is 5.35. The molecule has 1 aliphatic heterocycles. The van der Waals surface area contributed by atoms with E-state index in [2.05, 4.69) is 15.7 Å². The normalized spacial score (nSPS) is 13.3. The van der Waals surface area contributed by atoms with Crippen molar-refractivity contribution >= 4 is 28.9 Å². The summed E-state index contributed by atoms with van der Waals surface area (Å²) in [6.45, 7) is 6.66. The third-order valence-electron chi connectivity index (χ3n) is 4.56. The van der Waals surface area contributed by atoms with Crippen molar-refractivity contribution in [1.29, 1.82) is 0 Å². The second-order valence-corrected chi connectivity index (χ2v) is 6.75. The average Bonchev–Trinajstić information content (AvgIpc) is 3.09. The fraction of sp³-hybridized carbons (Fsp3) is 0.286. The molecule has 0 saturated carbocycles. The van der Waals surface area contributed by atoms with Crippen LogP contribution < -0.4 is 15.6 Å². The van der Waals surface area contributed by atoms with Crippen molar-refractivity contribution in [2.24, 2.45) is 5.10 Å². The van der Waals surface area contributed by atoms with E-state index >= 15 is 0 Å². The minimum atomic E-state index is -0.278. The van der Waals surface area contributed by atoms with E-state index in [-0.39, 0.29) is 18.4 Å². The SMILES string of the molecule is CC1=NN(c2ccc(C(=O)NCC(=O)Nc3c(C)cccc3C)cc2)CC1. The fourth-order valence-corrected chi connectivity index (χ4v) is 3.00. The Balaban J connectivity index is 1.55. The zero-order valence-corrected chi connectivity index (χ0v) is 15.9. The predicted molar refractivity (Wildman–Crippen MR) is 108 cm³/mol. The van der Waals surface area contributed by atoms with Crippen molar-refractivity contribution in [2.45, 2.75) is 27.2 Å². The van der Waals surface area contributed by atoms with Crippen LogP contribution in [0.15, 0.2) is 47.6 Å². The molecule has 0 saturated heterocycles. The topological polar surface area (TPSA) is 73.8 Å². The Bertz CT molecular complexity index is 867. The third-order valence-corrected chi connectivity index (χ3v) is 4.56. The van der Waals surface area contributed by atoms with Gasteiger partial charge in [0.1, 0.15) is 0 Å². The van der Waals surface area contributed by atoms with E-state index in [9.17, 15) is 9.59 Å². The number of carbonyl (C=O) groups excluding carboxylic acids is 2. The Hall–Kier alpha value is -3.15. The first-order valence-electron chi connectivity index (χ1n) is 9.00. The maximum atomic E-state index is 12.3. The van der Waals surface area contributed by atoms with Gasteiger partial charge >= 0.3 is 0 Å². The number of hydrogen-bond donors (Lipinski definition) is 2. The molecule has 2 aromatic rings. The zero-order chi connectivity index (χ0) is 19.4. The molecule has 0 bridgehead atoms. The van der Waals surface area contributed by atoms with Crippen molar-refractivity contribution in [1.82, 2.24) is 5.32 Å². The average molecular weight is 364 g/mol. The zero-order valence-electron chi connectivity index (χ0n) is 15.9. The first-order valence-corrected chi connectivity index (χ1v) is 9.00. The minimum Gasteiger partial charge on any atom is -0.343 e. The summed E-state index contributed by atoms with van der Waals surface area (Å²) in [7, 11) is 0. The molecule has 140 valence electrons. The quantitative estimate of drug-likeness (QED) is 0.855. The molecule has 27 heavy (non-hydrogen) atoms. The third kappa shape index (κ3) is 4.53. The van der Waals surface area contributed by atoms with Crippen molar-refractivity contribution in [3.8, 4) is 0 Å². The lowest BCUT2D eigenvalue weighted by Gasteiger charge is -2.14. The number of anilines is 2. The van der Waals surface area contributed by atoms with E-state index in [0.29, 0.717) is 5.56 Å². The van der Waals surface area contributed by atoms with Crippen molar-refractivity contribution in [3.63, 3.8) is 0 Å². The number of hydrazone groups is 1. The van der Waals surface area contributed by atoms with Crippen LogP contribution in [0.4, 0.5) is 11.4 Å². The van der Waals surface area contributed by atoms with Gasteiger partial charge in [0.05, 0.1) is 12.2 Å². The van der Waals surface area contributed by atoms with Gasteiger partial charge in [-0.05, 0) is 56.2 Å². The first kappa shape index (κ1) is 18.6. The molecule has 6 heteroatoms. The van der Waals surface area contributed by atoms with Crippen LogP contribution in [0.2, 0.25) is 0 Å². The molecule has 2 N–H and O–H groups in total. The standard InChI is InChI=1S/C21H24N4O2/c1-14-5-4-6-15(2)20(14)23-19(26)13-22-21(27)17-7-9-18(10-8-17)25-12-11-16(3)24-25/h4-10H,11-13H2,1-3H3,(H,22,27)(H,23,26). The predicted octanol–water partition coefficient (Wildman–Crippen LogP) is 3.26. The number of aryl methyl sites for hydroxylation is 2. The lowest BCUT2D eigenvalue weighted by Crippen LogP contribution is -2.33. The van der Waals surface area contributed by atoms with Crippen LogP contribution in [0.1, 0.15) is 34.8 Å². The van der Waals surface area contributed by atoms with E-state index in [1.165, 1.54) is 0 Å². The molecule has 1 heterocycles. The van der Waals surface area contributed by atoms with E-state index in [4.69, 9.17) is 0 Å². The molecule has 3 rings (SSSR count). The van der Waals surface area contributed by atoms with Gasteiger partial charge in [0.15, 0.2) is 0 Å².